The van der Waals surface area contributed by atoms with Gasteiger partial charge in [-0.2, -0.15) is 4.39 Å². The van der Waals surface area contributed by atoms with Crippen LogP contribution in [0.25, 0.3) is 0 Å². The quantitative estimate of drug-likeness (QED) is 0.866. The predicted octanol–water partition coefficient (Wildman–Crippen LogP) is 1.95. The van der Waals surface area contributed by atoms with Crippen molar-refractivity contribution >= 4 is 0 Å². The van der Waals surface area contributed by atoms with Crippen LogP contribution in [-0.2, 0) is 6.42 Å². The molecular weight excluding hydrogens is 226 g/mol. The van der Waals surface area contributed by atoms with Crippen LogP contribution in [0, 0.1) is 18.6 Å². The van der Waals surface area contributed by atoms with Crippen LogP contribution in [0.2, 0.25) is 0 Å². The summed E-state index contributed by atoms with van der Waals surface area (Å²) in [5.41, 5.74) is 0.0704. The number of aromatic nitrogens is 2. The monoisotopic (exact) mass is 236 g/mol. The molecule has 1 N–H and O–H groups in total. The molecule has 17 heavy (non-hydrogen) atoms. The molecule has 0 saturated heterocycles. The van der Waals surface area contributed by atoms with Gasteiger partial charge in [0, 0.05) is 6.42 Å². The van der Waals surface area contributed by atoms with Crippen LogP contribution in [0.15, 0.2) is 29.1 Å². The van der Waals surface area contributed by atoms with E-state index < -0.39 is 11.4 Å². The molecule has 1 aromatic heterocycles. The molecule has 0 fully saturated rings. The molecule has 88 valence electrons. The molecule has 1 heterocycles. The van der Waals surface area contributed by atoms with Crippen LogP contribution in [0.3, 0.4) is 0 Å². The maximum Gasteiger partial charge on any atom is 0.287 e. The summed E-state index contributed by atoms with van der Waals surface area (Å²) < 4.78 is 25.7. The molecule has 5 heteroatoms. The molecule has 0 aliphatic heterocycles. The van der Waals surface area contributed by atoms with E-state index in [-0.39, 0.29) is 11.5 Å². The van der Waals surface area contributed by atoms with Gasteiger partial charge in [-0.15, -0.1) is 0 Å². The van der Waals surface area contributed by atoms with E-state index in [1.807, 2.05) is 0 Å². The molecule has 2 rings (SSSR count). The van der Waals surface area contributed by atoms with Crippen molar-refractivity contribution in [2.24, 2.45) is 0 Å². The molecule has 0 aliphatic carbocycles. The Morgan fingerprint density at radius 3 is 2.47 bits per heavy atom. The molecule has 3 nitrogen and oxygen atoms in total. The van der Waals surface area contributed by atoms with E-state index in [9.17, 15) is 13.6 Å². The topological polar surface area (TPSA) is 45.8 Å². The third kappa shape index (κ3) is 2.55. The van der Waals surface area contributed by atoms with E-state index in [4.69, 9.17) is 0 Å². The Labute approximate surface area is 96.2 Å². The van der Waals surface area contributed by atoms with Gasteiger partial charge in [-0.1, -0.05) is 12.1 Å². The Bertz CT molecular complexity index is 590. The molecule has 0 radical (unpaired) electrons. The second kappa shape index (κ2) is 4.45. The van der Waals surface area contributed by atoms with Crippen molar-refractivity contribution in [1.82, 2.24) is 9.97 Å². The van der Waals surface area contributed by atoms with Crippen molar-refractivity contribution < 1.29 is 8.78 Å². The number of benzene rings is 1. The van der Waals surface area contributed by atoms with E-state index in [2.05, 4.69) is 9.97 Å². The first-order chi connectivity index (χ1) is 8.06. The summed E-state index contributed by atoms with van der Waals surface area (Å²) in [6, 6.07) is 5.83. The number of aromatic amines is 1. The first-order valence-electron chi connectivity index (χ1n) is 5.06. The van der Waals surface area contributed by atoms with Gasteiger partial charge in [-0.3, -0.25) is 4.79 Å². The lowest BCUT2D eigenvalue weighted by molar-refractivity contribution is 0.583. The number of hydrogen-bond donors (Lipinski definition) is 1. The molecule has 0 aliphatic rings. The number of rotatable bonds is 2. The van der Waals surface area contributed by atoms with Gasteiger partial charge in [-0.25, -0.2) is 9.37 Å². The lowest BCUT2D eigenvalue weighted by Crippen LogP contribution is -2.17. The molecule has 0 unspecified atom stereocenters. The summed E-state index contributed by atoms with van der Waals surface area (Å²) in [4.78, 5) is 17.4. The van der Waals surface area contributed by atoms with Gasteiger partial charge in [0.05, 0.1) is 5.69 Å². The van der Waals surface area contributed by atoms with Gasteiger partial charge in [0.15, 0.2) is 0 Å². The molecule has 0 amide bonds. The molecular formula is C12H10F2N2O. The van der Waals surface area contributed by atoms with Crippen LogP contribution in [0.4, 0.5) is 8.78 Å². The van der Waals surface area contributed by atoms with Gasteiger partial charge in [-0.05, 0) is 24.6 Å². The van der Waals surface area contributed by atoms with Crippen molar-refractivity contribution in [2.45, 2.75) is 13.3 Å². The minimum Gasteiger partial charge on any atom is -0.308 e. The Morgan fingerprint density at radius 1 is 1.24 bits per heavy atom. The van der Waals surface area contributed by atoms with Crippen LogP contribution in [0.5, 0.6) is 0 Å². The molecule has 0 atom stereocenters. The zero-order chi connectivity index (χ0) is 12.4. The molecule has 0 spiro atoms. The second-order valence-electron chi connectivity index (χ2n) is 3.72. The average Bonchev–Trinajstić information content (AvgIpc) is 2.29. The number of halogens is 2. The summed E-state index contributed by atoms with van der Waals surface area (Å²) in [6.45, 7) is 1.43. The number of H-pyrrole nitrogens is 1. The number of aryl methyl sites for hydroxylation is 1. The molecule has 0 bridgehead atoms. The standard InChI is InChI=1S/C12H10F2N2O/c1-7-11(14)12(17)16-10(15-7)6-8-2-4-9(13)5-3-8/h2-5H,6H2,1H3,(H,15,16,17). The number of nitrogens with one attached hydrogen (secondary N) is 1. The van der Waals surface area contributed by atoms with Crippen molar-refractivity contribution in [1.29, 1.82) is 0 Å². The predicted molar refractivity (Wildman–Crippen MR) is 58.8 cm³/mol. The summed E-state index contributed by atoms with van der Waals surface area (Å²) in [6.07, 6.45) is 0.330. The Hall–Kier alpha value is -2.04. The van der Waals surface area contributed by atoms with Crippen molar-refractivity contribution in [3.05, 3.63) is 63.3 Å². The van der Waals surface area contributed by atoms with E-state index in [0.29, 0.717) is 12.2 Å². The van der Waals surface area contributed by atoms with E-state index in [1.54, 1.807) is 12.1 Å². The summed E-state index contributed by atoms with van der Waals surface area (Å²) in [7, 11) is 0. The molecule has 0 saturated carbocycles. The molecule has 2 aromatic rings. The SMILES string of the molecule is Cc1nc(Cc2ccc(F)cc2)[nH]c(=O)c1F. The van der Waals surface area contributed by atoms with Gasteiger partial charge in [0.25, 0.3) is 5.56 Å². The zero-order valence-electron chi connectivity index (χ0n) is 9.13. The minimum atomic E-state index is -0.868. The van der Waals surface area contributed by atoms with Crippen molar-refractivity contribution in [2.75, 3.05) is 0 Å². The van der Waals surface area contributed by atoms with Gasteiger partial charge in [0.1, 0.15) is 11.6 Å². The Balaban J connectivity index is 2.30. The maximum absolute atomic E-state index is 13.0. The highest BCUT2D eigenvalue weighted by Gasteiger charge is 2.07. The van der Waals surface area contributed by atoms with Gasteiger partial charge < -0.3 is 4.98 Å². The second-order valence-corrected chi connectivity index (χ2v) is 3.72. The van der Waals surface area contributed by atoms with Crippen LogP contribution >= 0.6 is 0 Å². The van der Waals surface area contributed by atoms with E-state index >= 15 is 0 Å². The van der Waals surface area contributed by atoms with Gasteiger partial charge >= 0.3 is 0 Å². The van der Waals surface area contributed by atoms with Crippen LogP contribution in [0.1, 0.15) is 17.1 Å². The lowest BCUT2D eigenvalue weighted by Gasteiger charge is -2.03. The van der Waals surface area contributed by atoms with Crippen molar-refractivity contribution in [3.8, 4) is 0 Å². The fraction of sp³-hybridized carbons (Fsp3) is 0.167. The third-order valence-electron chi connectivity index (χ3n) is 2.36. The van der Waals surface area contributed by atoms with Gasteiger partial charge in [0.2, 0.25) is 5.82 Å². The highest BCUT2D eigenvalue weighted by Crippen LogP contribution is 2.07. The maximum atomic E-state index is 13.0. The normalized spacial score (nSPS) is 10.5. The largest absolute Gasteiger partial charge is 0.308 e. The fourth-order valence-corrected chi connectivity index (χ4v) is 1.51. The Kier molecular flexibility index (Phi) is 2.99. The Morgan fingerprint density at radius 2 is 1.88 bits per heavy atom. The van der Waals surface area contributed by atoms with Crippen LogP contribution in [-0.4, -0.2) is 9.97 Å². The number of nitrogens with zero attached hydrogens (tertiary/aromatic N) is 1. The summed E-state index contributed by atoms with van der Waals surface area (Å²) >= 11 is 0. The first-order valence-corrected chi connectivity index (χ1v) is 5.06. The fourth-order valence-electron chi connectivity index (χ4n) is 1.51. The first kappa shape index (κ1) is 11.4. The lowest BCUT2D eigenvalue weighted by atomic mass is 10.1. The van der Waals surface area contributed by atoms with E-state index in [0.717, 1.165) is 5.56 Å². The van der Waals surface area contributed by atoms with E-state index in [1.165, 1.54) is 19.1 Å². The number of hydrogen-bond acceptors (Lipinski definition) is 2. The van der Waals surface area contributed by atoms with Crippen LogP contribution < -0.4 is 5.56 Å². The minimum absolute atomic E-state index is 0.0610. The van der Waals surface area contributed by atoms with Crippen molar-refractivity contribution in [3.63, 3.8) is 0 Å². The smallest absolute Gasteiger partial charge is 0.287 e. The highest BCUT2D eigenvalue weighted by atomic mass is 19.1. The highest BCUT2D eigenvalue weighted by molar-refractivity contribution is 5.20. The average molecular weight is 236 g/mol. The zero-order valence-corrected chi connectivity index (χ0v) is 9.13. The third-order valence-corrected chi connectivity index (χ3v) is 2.36. The summed E-state index contributed by atoms with van der Waals surface area (Å²) in [5.74, 6) is -0.834. The molecule has 1 aromatic carbocycles. The summed E-state index contributed by atoms with van der Waals surface area (Å²) in [5, 5.41) is 0.